The number of aliphatic hydroxyl groups excluding tert-OH is 1. The van der Waals surface area contributed by atoms with Gasteiger partial charge in [-0.3, -0.25) is 9.69 Å². The number of rotatable bonds is 7. The maximum Gasteiger partial charge on any atom is 0.220 e. The summed E-state index contributed by atoms with van der Waals surface area (Å²) in [5.74, 6) is 0.823. The van der Waals surface area contributed by atoms with Crippen molar-refractivity contribution in [3.8, 4) is 0 Å². The van der Waals surface area contributed by atoms with Gasteiger partial charge in [-0.15, -0.1) is 0 Å². The predicted molar refractivity (Wildman–Crippen MR) is 99.0 cm³/mol. The van der Waals surface area contributed by atoms with Crippen LogP contribution in [0.3, 0.4) is 0 Å². The Bertz CT molecular complexity index is 532. The van der Waals surface area contributed by atoms with E-state index in [1.165, 1.54) is 12.0 Å². The fraction of sp³-hybridized carbons (Fsp3) is 0.650. The van der Waals surface area contributed by atoms with Crippen LogP contribution in [-0.2, 0) is 17.9 Å². The Kier molecular flexibility index (Phi) is 6.84. The second kappa shape index (κ2) is 9.32. The summed E-state index contributed by atoms with van der Waals surface area (Å²) in [6.45, 7) is 5.64. The molecule has 1 aromatic carbocycles. The number of hydrogen-bond acceptors (Lipinski definition) is 4. The first-order valence-electron chi connectivity index (χ1n) is 9.64. The van der Waals surface area contributed by atoms with Crippen molar-refractivity contribution in [3.63, 3.8) is 0 Å². The highest BCUT2D eigenvalue weighted by molar-refractivity contribution is 5.75. The number of amides is 1. The molecule has 2 aliphatic rings. The number of nitrogens with one attached hydrogen (secondary N) is 2. The molecule has 2 saturated heterocycles. The monoisotopic (exact) mass is 345 g/mol. The molecule has 0 aliphatic carbocycles. The maximum atomic E-state index is 12.0. The van der Waals surface area contributed by atoms with Crippen LogP contribution in [0.2, 0.25) is 0 Å². The number of aliphatic hydroxyl groups is 1. The Labute approximate surface area is 150 Å². The minimum absolute atomic E-state index is 0.118. The summed E-state index contributed by atoms with van der Waals surface area (Å²) >= 11 is 0. The lowest BCUT2D eigenvalue weighted by molar-refractivity contribution is -0.121. The van der Waals surface area contributed by atoms with Crippen molar-refractivity contribution in [2.24, 2.45) is 5.92 Å². The van der Waals surface area contributed by atoms with Gasteiger partial charge < -0.3 is 15.7 Å². The predicted octanol–water partition coefficient (Wildman–Crippen LogP) is 1.65. The van der Waals surface area contributed by atoms with E-state index in [1.807, 2.05) is 0 Å². The molecule has 1 amide bonds. The van der Waals surface area contributed by atoms with Crippen molar-refractivity contribution in [1.82, 2.24) is 15.5 Å². The highest BCUT2D eigenvalue weighted by atomic mass is 16.3. The number of carbonyl (C=O) groups is 1. The zero-order valence-electron chi connectivity index (χ0n) is 15.0. The van der Waals surface area contributed by atoms with Crippen LogP contribution in [0, 0.1) is 5.92 Å². The molecule has 3 rings (SSSR count). The lowest BCUT2D eigenvalue weighted by Crippen LogP contribution is -2.35. The number of hydrogen-bond donors (Lipinski definition) is 3. The molecule has 1 unspecified atom stereocenters. The molecular weight excluding hydrogens is 314 g/mol. The molecule has 2 fully saturated rings. The van der Waals surface area contributed by atoms with Gasteiger partial charge in [-0.05, 0) is 55.8 Å². The topological polar surface area (TPSA) is 64.6 Å². The first-order chi connectivity index (χ1) is 12.2. The summed E-state index contributed by atoms with van der Waals surface area (Å²) < 4.78 is 0. The van der Waals surface area contributed by atoms with E-state index in [4.69, 9.17) is 0 Å². The number of likely N-dealkylation sites (tertiary alicyclic amines) is 1. The summed E-state index contributed by atoms with van der Waals surface area (Å²) in [7, 11) is 0. The largest absolute Gasteiger partial charge is 0.393 e. The van der Waals surface area contributed by atoms with Gasteiger partial charge in [0.25, 0.3) is 0 Å². The van der Waals surface area contributed by atoms with Gasteiger partial charge in [-0.1, -0.05) is 24.3 Å². The third-order valence-electron chi connectivity index (χ3n) is 5.42. The maximum absolute atomic E-state index is 12.0. The van der Waals surface area contributed by atoms with Crippen molar-refractivity contribution in [2.45, 2.75) is 51.3 Å². The molecule has 0 aromatic heterocycles. The Morgan fingerprint density at radius 2 is 1.88 bits per heavy atom. The highest BCUT2D eigenvalue weighted by Gasteiger charge is 2.17. The Morgan fingerprint density at radius 3 is 2.56 bits per heavy atom. The second-order valence-electron chi connectivity index (χ2n) is 7.50. The third-order valence-corrected chi connectivity index (χ3v) is 5.42. The molecule has 138 valence electrons. The van der Waals surface area contributed by atoms with E-state index in [1.54, 1.807) is 0 Å². The van der Waals surface area contributed by atoms with Crippen LogP contribution in [0.25, 0.3) is 0 Å². The molecule has 1 atom stereocenters. The molecule has 0 saturated carbocycles. The van der Waals surface area contributed by atoms with Crippen molar-refractivity contribution < 1.29 is 9.90 Å². The summed E-state index contributed by atoms with van der Waals surface area (Å²) in [6.07, 6.45) is 4.45. The Hall–Kier alpha value is -1.43. The zero-order valence-corrected chi connectivity index (χ0v) is 15.0. The van der Waals surface area contributed by atoms with Crippen LogP contribution >= 0.6 is 0 Å². The SMILES string of the molecule is O=C(CCC1CCNC1)NCc1ccc(CN2CCC(O)CC2)cc1. The van der Waals surface area contributed by atoms with Crippen molar-refractivity contribution in [2.75, 3.05) is 26.2 Å². The van der Waals surface area contributed by atoms with E-state index >= 15 is 0 Å². The van der Waals surface area contributed by atoms with Crippen LogP contribution in [-0.4, -0.2) is 48.2 Å². The molecule has 2 heterocycles. The minimum atomic E-state index is -0.118. The summed E-state index contributed by atoms with van der Waals surface area (Å²) in [5.41, 5.74) is 2.44. The van der Waals surface area contributed by atoms with Gasteiger partial charge in [0.05, 0.1) is 6.10 Å². The lowest BCUT2D eigenvalue weighted by Gasteiger charge is -2.29. The van der Waals surface area contributed by atoms with Gasteiger partial charge in [0.2, 0.25) is 5.91 Å². The molecule has 1 aromatic rings. The Morgan fingerprint density at radius 1 is 1.16 bits per heavy atom. The molecule has 3 N–H and O–H groups in total. The number of nitrogens with zero attached hydrogens (tertiary/aromatic N) is 1. The van der Waals surface area contributed by atoms with Gasteiger partial charge in [-0.2, -0.15) is 0 Å². The van der Waals surface area contributed by atoms with Crippen LogP contribution in [0.4, 0.5) is 0 Å². The van der Waals surface area contributed by atoms with Gasteiger partial charge >= 0.3 is 0 Å². The first-order valence-corrected chi connectivity index (χ1v) is 9.64. The molecule has 5 heteroatoms. The summed E-state index contributed by atoms with van der Waals surface area (Å²) in [6, 6.07) is 8.51. The van der Waals surface area contributed by atoms with E-state index in [0.717, 1.165) is 57.5 Å². The molecule has 0 spiro atoms. The van der Waals surface area contributed by atoms with E-state index < -0.39 is 0 Å². The van der Waals surface area contributed by atoms with Gasteiger partial charge in [0.1, 0.15) is 0 Å². The molecule has 25 heavy (non-hydrogen) atoms. The lowest BCUT2D eigenvalue weighted by atomic mass is 10.0. The normalized spacial score (nSPS) is 22.2. The van der Waals surface area contributed by atoms with Gasteiger partial charge in [0, 0.05) is 32.6 Å². The van der Waals surface area contributed by atoms with E-state index in [2.05, 4.69) is 39.8 Å². The van der Waals surface area contributed by atoms with Crippen molar-refractivity contribution in [1.29, 1.82) is 0 Å². The van der Waals surface area contributed by atoms with Gasteiger partial charge in [0.15, 0.2) is 0 Å². The highest BCUT2D eigenvalue weighted by Crippen LogP contribution is 2.15. The molecule has 2 aliphatic heterocycles. The average Bonchev–Trinajstić information content (AvgIpc) is 3.15. The quantitative estimate of drug-likeness (QED) is 0.703. The van der Waals surface area contributed by atoms with Crippen molar-refractivity contribution >= 4 is 5.91 Å². The fourth-order valence-electron chi connectivity index (χ4n) is 3.68. The van der Waals surface area contributed by atoms with E-state index in [0.29, 0.717) is 18.9 Å². The number of benzene rings is 1. The van der Waals surface area contributed by atoms with E-state index in [9.17, 15) is 9.90 Å². The molecule has 0 radical (unpaired) electrons. The molecule has 0 bridgehead atoms. The standard InChI is InChI=1S/C20H31N3O2/c24-19-8-11-23(12-9-19)15-18-3-1-16(2-4-18)14-22-20(25)6-5-17-7-10-21-13-17/h1-4,17,19,21,24H,5-15H2,(H,22,25). The summed E-state index contributed by atoms with van der Waals surface area (Å²) in [5, 5.41) is 15.9. The van der Waals surface area contributed by atoms with Crippen LogP contribution < -0.4 is 10.6 Å². The number of piperidine rings is 1. The van der Waals surface area contributed by atoms with Crippen LogP contribution in [0.15, 0.2) is 24.3 Å². The smallest absolute Gasteiger partial charge is 0.220 e. The average molecular weight is 345 g/mol. The fourth-order valence-corrected chi connectivity index (χ4v) is 3.68. The van der Waals surface area contributed by atoms with E-state index in [-0.39, 0.29) is 12.0 Å². The minimum Gasteiger partial charge on any atom is -0.393 e. The van der Waals surface area contributed by atoms with Crippen molar-refractivity contribution in [3.05, 3.63) is 35.4 Å². The van der Waals surface area contributed by atoms with Crippen LogP contribution in [0.5, 0.6) is 0 Å². The summed E-state index contributed by atoms with van der Waals surface area (Å²) in [4.78, 5) is 14.4. The van der Waals surface area contributed by atoms with Crippen LogP contribution in [0.1, 0.15) is 43.2 Å². The molecular formula is C20H31N3O2. The Balaban J connectivity index is 1.36. The second-order valence-corrected chi connectivity index (χ2v) is 7.50. The zero-order chi connectivity index (χ0) is 17.5. The first kappa shape index (κ1) is 18.4. The van der Waals surface area contributed by atoms with Gasteiger partial charge in [-0.25, -0.2) is 0 Å². The third kappa shape index (κ3) is 6.10. The molecule has 5 nitrogen and oxygen atoms in total. The number of carbonyl (C=O) groups excluding carboxylic acids is 1.